The van der Waals surface area contributed by atoms with E-state index in [2.05, 4.69) is 15.5 Å². The molecule has 1 N–H and O–H groups in total. The number of halogens is 6. The van der Waals surface area contributed by atoms with Crippen molar-refractivity contribution >= 4 is 5.91 Å². The maximum Gasteiger partial charge on any atom is 0.416 e. The fourth-order valence-corrected chi connectivity index (χ4v) is 1.92. The van der Waals surface area contributed by atoms with Crippen LogP contribution in [0.2, 0.25) is 0 Å². The summed E-state index contributed by atoms with van der Waals surface area (Å²) in [4.78, 5) is 15.9. The molecule has 5 nitrogen and oxygen atoms in total. The predicted molar refractivity (Wildman–Crippen MR) is 71.4 cm³/mol. The van der Waals surface area contributed by atoms with E-state index in [9.17, 15) is 31.1 Å². The second-order valence-corrected chi connectivity index (χ2v) is 5.17. The number of aromatic nitrogens is 2. The molecule has 1 atom stereocenters. The fourth-order valence-electron chi connectivity index (χ4n) is 1.92. The Balaban J connectivity index is 2.35. The van der Waals surface area contributed by atoms with Gasteiger partial charge in [-0.05, 0) is 32.0 Å². The van der Waals surface area contributed by atoms with E-state index in [1.54, 1.807) is 0 Å². The van der Waals surface area contributed by atoms with Gasteiger partial charge in [0.2, 0.25) is 5.89 Å². The van der Waals surface area contributed by atoms with Gasteiger partial charge in [-0.1, -0.05) is 5.16 Å². The molecule has 1 aromatic carbocycles. The molecule has 1 heterocycles. The van der Waals surface area contributed by atoms with Crippen LogP contribution in [0.5, 0.6) is 0 Å². The molecule has 2 rings (SSSR count). The highest BCUT2D eigenvalue weighted by molar-refractivity contribution is 5.94. The molecule has 0 spiro atoms. The summed E-state index contributed by atoms with van der Waals surface area (Å²) in [5.41, 5.74) is -3.94. The number of amides is 1. The Morgan fingerprint density at radius 1 is 1.08 bits per heavy atom. The van der Waals surface area contributed by atoms with E-state index in [4.69, 9.17) is 4.52 Å². The zero-order valence-corrected chi connectivity index (χ0v) is 12.8. The second-order valence-electron chi connectivity index (χ2n) is 5.17. The van der Waals surface area contributed by atoms with Crippen LogP contribution in [-0.2, 0) is 12.4 Å². The maximum atomic E-state index is 12.8. The van der Waals surface area contributed by atoms with Crippen LogP contribution in [0.15, 0.2) is 22.7 Å². The Morgan fingerprint density at radius 3 is 2.00 bits per heavy atom. The van der Waals surface area contributed by atoms with E-state index >= 15 is 0 Å². The lowest BCUT2D eigenvalue weighted by molar-refractivity contribution is -0.143. The Labute approximate surface area is 137 Å². The summed E-state index contributed by atoms with van der Waals surface area (Å²) < 4.78 is 81.6. The molecule has 0 aliphatic carbocycles. The van der Waals surface area contributed by atoms with Gasteiger partial charge in [-0.3, -0.25) is 4.79 Å². The van der Waals surface area contributed by atoms with Crippen molar-refractivity contribution in [3.05, 3.63) is 46.6 Å². The molecule has 136 valence electrons. The summed E-state index contributed by atoms with van der Waals surface area (Å²) in [7, 11) is 0. The lowest BCUT2D eigenvalue weighted by atomic mass is 10.0. The fraction of sp³-hybridized carbons (Fsp3) is 0.357. The van der Waals surface area contributed by atoms with E-state index < -0.39 is 41.0 Å². The third kappa shape index (κ3) is 4.48. The summed E-state index contributed by atoms with van der Waals surface area (Å²) >= 11 is 0. The first-order valence-corrected chi connectivity index (χ1v) is 6.78. The second kappa shape index (κ2) is 6.37. The third-order valence-electron chi connectivity index (χ3n) is 3.11. The van der Waals surface area contributed by atoms with Crippen molar-refractivity contribution in [2.24, 2.45) is 0 Å². The number of nitrogens with zero attached hydrogens (tertiary/aromatic N) is 2. The van der Waals surface area contributed by atoms with Crippen molar-refractivity contribution in [2.75, 3.05) is 0 Å². The minimum atomic E-state index is -5.04. The Morgan fingerprint density at radius 2 is 1.60 bits per heavy atom. The molecule has 0 aliphatic heterocycles. The van der Waals surface area contributed by atoms with Crippen LogP contribution in [0.4, 0.5) is 26.3 Å². The molecule has 2 aromatic rings. The van der Waals surface area contributed by atoms with Crippen molar-refractivity contribution in [1.29, 1.82) is 0 Å². The van der Waals surface area contributed by atoms with Gasteiger partial charge in [0.05, 0.1) is 11.1 Å². The molecule has 0 fully saturated rings. The van der Waals surface area contributed by atoms with Crippen molar-refractivity contribution in [1.82, 2.24) is 15.5 Å². The van der Waals surface area contributed by atoms with E-state index in [0.29, 0.717) is 12.1 Å². The summed E-state index contributed by atoms with van der Waals surface area (Å²) in [6.45, 7) is 2.90. The molecule has 1 aromatic heterocycles. The highest BCUT2D eigenvalue weighted by Crippen LogP contribution is 2.36. The smallest absolute Gasteiger partial charge is 0.341 e. The molecule has 0 saturated carbocycles. The Bertz CT molecular complexity index is 749. The number of benzene rings is 1. The first-order chi connectivity index (χ1) is 11.4. The number of carbonyl (C=O) groups is 1. The van der Waals surface area contributed by atoms with Crippen LogP contribution >= 0.6 is 0 Å². The van der Waals surface area contributed by atoms with Gasteiger partial charge in [0.25, 0.3) is 5.91 Å². The number of alkyl halides is 6. The average molecular weight is 367 g/mol. The van der Waals surface area contributed by atoms with Crippen LogP contribution in [0.3, 0.4) is 0 Å². The number of rotatable bonds is 3. The summed E-state index contributed by atoms with van der Waals surface area (Å²) in [5.74, 6) is -0.914. The van der Waals surface area contributed by atoms with Gasteiger partial charge in [-0.25, -0.2) is 0 Å². The van der Waals surface area contributed by atoms with E-state index in [0.717, 1.165) is 0 Å². The number of aryl methyl sites for hydroxylation is 1. The van der Waals surface area contributed by atoms with Gasteiger partial charge in [0, 0.05) is 5.56 Å². The third-order valence-corrected chi connectivity index (χ3v) is 3.11. The van der Waals surface area contributed by atoms with Crippen molar-refractivity contribution in [3.63, 3.8) is 0 Å². The Kier molecular flexibility index (Phi) is 4.78. The molecule has 25 heavy (non-hydrogen) atoms. The zero-order chi connectivity index (χ0) is 19.0. The summed E-state index contributed by atoms with van der Waals surface area (Å²) in [5, 5.41) is 5.69. The Hall–Kier alpha value is -2.59. The molecule has 11 heteroatoms. The highest BCUT2D eigenvalue weighted by Gasteiger charge is 2.37. The van der Waals surface area contributed by atoms with E-state index in [-0.39, 0.29) is 17.8 Å². The number of hydrogen-bond acceptors (Lipinski definition) is 4. The van der Waals surface area contributed by atoms with Crippen molar-refractivity contribution < 1.29 is 35.7 Å². The highest BCUT2D eigenvalue weighted by atomic mass is 19.4. The first-order valence-electron chi connectivity index (χ1n) is 6.78. The molecule has 0 bridgehead atoms. The largest absolute Gasteiger partial charge is 0.416 e. The number of carbonyl (C=O) groups excluding carboxylic acids is 1. The molecule has 0 unspecified atom stereocenters. The SMILES string of the molecule is Cc1noc([C@H](C)NC(=O)c2cc(C(F)(F)F)cc(C(F)(F)F)c2)n1. The van der Waals surface area contributed by atoms with Gasteiger partial charge < -0.3 is 9.84 Å². The van der Waals surface area contributed by atoms with Crippen LogP contribution in [0, 0.1) is 6.92 Å². The molecule has 0 aliphatic rings. The van der Waals surface area contributed by atoms with Gasteiger partial charge in [-0.15, -0.1) is 0 Å². The zero-order valence-electron chi connectivity index (χ0n) is 12.8. The van der Waals surface area contributed by atoms with Gasteiger partial charge in [0.15, 0.2) is 5.82 Å². The van der Waals surface area contributed by atoms with Crippen LogP contribution in [0.25, 0.3) is 0 Å². The van der Waals surface area contributed by atoms with Gasteiger partial charge in [0.1, 0.15) is 6.04 Å². The average Bonchev–Trinajstić information content (AvgIpc) is 2.91. The van der Waals surface area contributed by atoms with Crippen LogP contribution < -0.4 is 5.32 Å². The van der Waals surface area contributed by atoms with E-state index in [1.807, 2.05) is 0 Å². The van der Waals surface area contributed by atoms with E-state index in [1.165, 1.54) is 13.8 Å². The van der Waals surface area contributed by atoms with Crippen molar-refractivity contribution in [3.8, 4) is 0 Å². The topological polar surface area (TPSA) is 68.0 Å². The lowest BCUT2D eigenvalue weighted by Crippen LogP contribution is -2.27. The molecule has 0 saturated heterocycles. The molecular formula is C14H11F6N3O2. The maximum absolute atomic E-state index is 12.8. The minimum Gasteiger partial charge on any atom is -0.341 e. The minimum absolute atomic E-state index is 0.0335. The molecular weight excluding hydrogens is 356 g/mol. The number of nitrogens with one attached hydrogen (secondary N) is 1. The lowest BCUT2D eigenvalue weighted by Gasteiger charge is -2.15. The monoisotopic (exact) mass is 367 g/mol. The molecule has 1 amide bonds. The number of hydrogen-bond donors (Lipinski definition) is 1. The normalized spacial score (nSPS) is 13.6. The molecule has 0 radical (unpaired) electrons. The van der Waals surface area contributed by atoms with Gasteiger partial charge >= 0.3 is 12.4 Å². The van der Waals surface area contributed by atoms with Gasteiger partial charge in [-0.2, -0.15) is 31.3 Å². The summed E-state index contributed by atoms with van der Waals surface area (Å²) in [6, 6.07) is -0.272. The first kappa shape index (κ1) is 18.7. The quantitative estimate of drug-likeness (QED) is 0.836. The van der Waals surface area contributed by atoms with Crippen molar-refractivity contribution in [2.45, 2.75) is 32.2 Å². The predicted octanol–water partition coefficient (Wildman–Crippen LogP) is 3.91. The van der Waals surface area contributed by atoms with Crippen LogP contribution in [-0.4, -0.2) is 16.0 Å². The standard InChI is InChI=1S/C14H11F6N3O2/c1-6(12-22-7(2)23-25-12)21-11(24)8-3-9(13(15,16)17)5-10(4-8)14(18,19)20/h3-6H,1-2H3,(H,21,24)/t6-/m0/s1. The summed E-state index contributed by atoms with van der Waals surface area (Å²) in [6.07, 6.45) is -10.1. The van der Waals surface area contributed by atoms with Crippen LogP contribution in [0.1, 0.15) is 46.2 Å².